The zero-order valence-electron chi connectivity index (χ0n) is 19.0. The lowest BCUT2D eigenvalue weighted by Crippen LogP contribution is -2.22. The van der Waals surface area contributed by atoms with Crippen molar-refractivity contribution in [2.45, 2.75) is 15.9 Å². The summed E-state index contributed by atoms with van der Waals surface area (Å²) in [6.07, 6.45) is -1.41. The summed E-state index contributed by atoms with van der Waals surface area (Å²) >= 11 is 5.97. The molecular weight excluding hydrogens is 518 g/mol. The minimum absolute atomic E-state index is 0.274. The Bertz CT molecular complexity index is 1590. The molecule has 0 N–H and O–H groups in total. The molecule has 0 aromatic heterocycles. The van der Waals surface area contributed by atoms with Gasteiger partial charge in [-0.25, -0.2) is 13.2 Å². The van der Waals surface area contributed by atoms with Gasteiger partial charge in [0, 0.05) is 22.2 Å². The second-order valence-corrected chi connectivity index (χ2v) is 10.1. The Labute approximate surface area is 217 Å². The Hall–Kier alpha value is -4.34. The summed E-state index contributed by atoms with van der Waals surface area (Å²) in [5.74, 6) is -1.63. The highest BCUT2D eigenvalue weighted by atomic mass is 35.5. The number of ether oxygens (including phenoxy) is 1. The number of halogens is 1. The second kappa shape index (κ2) is 10.7. The summed E-state index contributed by atoms with van der Waals surface area (Å²) < 4.78 is 32.5. The van der Waals surface area contributed by atoms with Crippen LogP contribution in [-0.4, -0.2) is 25.1 Å². The number of nitro benzene ring substituents is 1. The molecule has 0 saturated heterocycles. The van der Waals surface area contributed by atoms with Gasteiger partial charge in [-0.2, -0.15) is 0 Å². The molecule has 0 aliphatic carbocycles. The minimum atomic E-state index is -4.51. The number of sulfone groups is 1. The average molecular weight is 536 g/mol. The molecule has 0 bridgehead atoms. The summed E-state index contributed by atoms with van der Waals surface area (Å²) in [6.45, 7) is 0. The Morgan fingerprint density at radius 3 is 2.00 bits per heavy atom. The van der Waals surface area contributed by atoms with Crippen molar-refractivity contribution in [3.63, 3.8) is 0 Å². The number of carbonyl (C=O) groups is 2. The number of ketones is 1. The lowest BCUT2D eigenvalue weighted by molar-refractivity contribution is -0.387. The van der Waals surface area contributed by atoms with Crippen molar-refractivity contribution >= 4 is 38.9 Å². The third kappa shape index (κ3) is 5.42. The largest absolute Gasteiger partial charge is 0.445 e. The maximum Gasteiger partial charge on any atom is 0.340 e. The predicted octanol–water partition coefficient (Wildman–Crippen LogP) is 5.86. The van der Waals surface area contributed by atoms with Gasteiger partial charge in [-0.05, 0) is 30.3 Å². The molecule has 1 atom stereocenters. The van der Waals surface area contributed by atoms with Gasteiger partial charge in [-0.15, -0.1) is 0 Å². The first-order valence-corrected chi connectivity index (χ1v) is 12.7. The Balaban J connectivity index is 1.77. The van der Waals surface area contributed by atoms with Crippen LogP contribution in [0, 0.1) is 10.1 Å². The SMILES string of the molecule is O=C(O[C@@H](C(=O)c1ccccc1)c1ccc(Cl)cc1)c1ccccc1S(=O)(=O)c1ccccc1[N+](=O)[O-]. The van der Waals surface area contributed by atoms with Crippen molar-refractivity contribution in [1.29, 1.82) is 0 Å². The minimum Gasteiger partial charge on any atom is -0.445 e. The van der Waals surface area contributed by atoms with E-state index in [4.69, 9.17) is 16.3 Å². The van der Waals surface area contributed by atoms with Gasteiger partial charge < -0.3 is 4.74 Å². The molecule has 0 aliphatic rings. The molecule has 186 valence electrons. The van der Waals surface area contributed by atoms with Crippen LogP contribution in [0.5, 0.6) is 0 Å². The molecule has 8 nitrogen and oxygen atoms in total. The van der Waals surface area contributed by atoms with E-state index in [1.165, 1.54) is 54.6 Å². The number of nitro groups is 1. The summed E-state index contributed by atoms with van der Waals surface area (Å²) in [7, 11) is -4.51. The van der Waals surface area contributed by atoms with E-state index in [1.807, 2.05) is 0 Å². The normalized spacial score (nSPS) is 11.9. The first kappa shape index (κ1) is 25.7. The summed E-state index contributed by atoms with van der Waals surface area (Å²) in [6, 6.07) is 24.3. The van der Waals surface area contributed by atoms with Gasteiger partial charge in [-0.3, -0.25) is 14.9 Å². The summed E-state index contributed by atoms with van der Waals surface area (Å²) in [5, 5.41) is 11.9. The number of para-hydroxylation sites is 1. The number of carbonyl (C=O) groups excluding carboxylic acids is 2. The number of hydrogen-bond acceptors (Lipinski definition) is 7. The van der Waals surface area contributed by atoms with Gasteiger partial charge in [0.05, 0.1) is 15.4 Å². The van der Waals surface area contributed by atoms with E-state index in [1.54, 1.807) is 30.3 Å². The number of Topliss-reactive ketones (excluding diaryl/α,β-unsaturated/α-hetero) is 1. The highest BCUT2D eigenvalue weighted by Gasteiger charge is 2.33. The molecule has 4 aromatic carbocycles. The molecule has 10 heteroatoms. The van der Waals surface area contributed by atoms with Crippen LogP contribution in [0.3, 0.4) is 0 Å². The van der Waals surface area contributed by atoms with Crippen molar-refractivity contribution in [2.75, 3.05) is 0 Å². The predicted molar refractivity (Wildman–Crippen MR) is 135 cm³/mol. The molecule has 0 fully saturated rings. The maximum absolute atomic E-state index is 13.4. The van der Waals surface area contributed by atoms with Crippen molar-refractivity contribution in [3.8, 4) is 0 Å². The molecule has 0 saturated carbocycles. The Morgan fingerprint density at radius 1 is 0.784 bits per heavy atom. The van der Waals surface area contributed by atoms with E-state index in [-0.39, 0.29) is 11.1 Å². The number of rotatable bonds is 8. The van der Waals surface area contributed by atoms with Crippen LogP contribution in [0.2, 0.25) is 5.02 Å². The van der Waals surface area contributed by atoms with E-state index < -0.39 is 48.1 Å². The van der Waals surface area contributed by atoms with E-state index in [0.717, 1.165) is 18.2 Å². The van der Waals surface area contributed by atoms with Crippen LogP contribution in [0.25, 0.3) is 0 Å². The number of benzene rings is 4. The summed E-state index contributed by atoms with van der Waals surface area (Å²) in [5.41, 5.74) is -0.411. The highest BCUT2D eigenvalue weighted by molar-refractivity contribution is 7.91. The van der Waals surface area contributed by atoms with Crippen LogP contribution in [0.1, 0.15) is 32.4 Å². The zero-order valence-corrected chi connectivity index (χ0v) is 20.6. The van der Waals surface area contributed by atoms with Gasteiger partial charge in [0.1, 0.15) is 4.90 Å². The topological polar surface area (TPSA) is 121 Å². The van der Waals surface area contributed by atoms with Crippen LogP contribution in [0.15, 0.2) is 113 Å². The standard InChI is InChI=1S/C27H18ClNO7S/c28-20-16-14-19(15-17-20)26(25(30)18-8-2-1-3-9-18)36-27(31)21-10-4-6-12-23(21)37(34,35)24-13-7-5-11-22(24)29(32)33/h1-17,26H/t26-/m1/s1. The molecule has 0 radical (unpaired) electrons. The van der Waals surface area contributed by atoms with Crippen molar-refractivity contribution < 1.29 is 27.7 Å². The molecular formula is C27H18ClNO7S. The van der Waals surface area contributed by atoms with Crippen LogP contribution in [0.4, 0.5) is 5.69 Å². The van der Waals surface area contributed by atoms with E-state index in [9.17, 15) is 28.1 Å². The Morgan fingerprint density at radius 2 is 1.35 bits per heavy atom. The third-order valence-electron chi connectivity index (χ3n) is 5.44. The van der Waals surface area contributed by atoms with Gasteiger partial charge >= 0.3 is 5.97 Å². The lowest BCUT2D eigenvalue weighted by Gasteiger charge is -2.19. The monoisotopic (exact) mass is 535 g/mol. The third-order valence-corrected chi connectivity index (χ3v) is 7.55. The van der Waals surface area contributed by atoms with Crippen LogP contribution >= 0.6 is 11.6 Å². The van der Waals surface area contributed by atoms with Gasteiger partial charge in [0.25, 0.3) is 5.69 Å². The first-order valence-electron chi connectivity index (χ1n) is 10.8. The molecule has 0 unspecified atom stereocenters. The van der Waals surface area contributed by atoms with E-state index in [0.29, 0.717) is 10.6 Å². The fourth-order valence-electron chi connectivity index (χ4n) is 3.66. The van der Waals surface area contributed by atoms with E-state index >= 15 is 0 Å². The molecule has 0 amide bonds. The van der Waals surface area contributed by atoms with Crippen molar-refractivity contribution in [1.82, 2.24) is 0 Å². The average Bonchev–Trinajstić information content (AvgIpc) is 2.92. The number of esters is 1. The molecule has 0 spiro atoms. The van der Waals surface area contributed by atoms with E-state index in [2.05, 4.69) is 0 Å². The second-order valence-electron chi connectivity index (χ2n) is 7.79. The van der Waals surface area contributed by atoms with Gasteiger partial charge in [-0.1, -0.05) is 78.3 Å². The molecule has 4 aromatic rings. The van der Waals surface area contributed by atoms with Crippen molar-refractivity contribution in [3.05, 3.63) is 135 Å². The fraction of sp³-hybridized carbons (Fsp3) is 0.0370. The van der Waals surface area contributed by atoms with Gasteiger partial charge in [0.2, 0.25) is 15.6 Å². The molecule has 4 rings (SSSR count). The van der Waals surface area contributed by atoms with Crippen LogP contribution < -0.4 is 0 Å². The number of nitrogens with zero attached hydrogens (tertiary/aromatic N) is 1. The van der Waals surface area contributed by atoms with Crippen LogP contribution in [-0.2, 0) is 14.6 Å². The number of hydrogen-bond donors (Lipinski definition) is 0. The molecule has 0 aliphatic heterocycles. The molecule has 37 heavy (non-hydrogen) atoms. The maximum atomic E-state index is 13.4. The Kier molecular flexibility index (Phi) is 7.47. The smallest absolute Gasteiger partial charge is 0.340 e. The first-order chi connectivity index (χ1) is 17.7. The summed E-state index contributed by atoms with van der Waals surface area (Å²) in [4.78, 5) is 36.2. The quantitative estimate of drug-likeness (QED) is 0.120. The highest BCUT2D eigenvalue weighted by Crippen LogP contribution is 2.32. The lowest BCUT2D eigenvalue weighted by atomic mass is 9.99. The zero-order chi connectivity index (χ0) is 26.6. The van der Waals surface area contributed by atoms with Crippen molar-refractivity contribution in [2.24, 2.45) is 0 Å². The molecule has 0 heterocycles. The van der Waals surface area contributed by atoms with Gasteiger partial charge in [0.15, 0.2) is 6.10 Å². The fourth-order valence-corrected chi connectivity index (χ4v) is 5.40.